The van der Waals surface area contributed by atoms with Gasteiger partial charge in [0.15, 0.2) is 0 Å². The van der Waals surface area contributed by atoms with E-state index in [1.54, 1.807) is 0 Å². The summed E-state index contributed by atoms with van der Waals surface area (Å²) in [4.78, 5) is 14.8. The van der Waals surface area contributed by atoms with E-state index in [2.05, 4.69) is 17.0 Å². The molecule has 2 aliphatic rings. The quantitative estimate of drug-likeness (QED) is 0.669. The molecule has 2 unspecified atom stereocenters. The van der Waals surface area contributed by atoms with Gasteiger partial charge in [0.2, 0.25) is 0 Å². The molecular weight excluding hydrogens is 280 g/mol. The lowest BCUT2D eigenvalue weighted by atomic mass is 9.63. The van der Waals surface area contributed by atoms with Crippen molar-refractivity contribution in [2.24, 2.45) is 23.5 Å². The van der Waals surface area contributed by atoms with Crippen molar-refractivity contribution in [3.8, 4) is 0 Å². The van der Waals surface area contributed by atoms with E-state index in [9.17, 15) is 10.1 Å². The van der Waals surface area contributed by atoms with Crippen molar-refractivity contribution in [2.45, 2.75) is 44.6 Å². The normalized spacial score (nSPS) is 30.8. The van der Waals surface area contributed by atoms with Crippen molar-refractivity contribution >= 4 is 0 Å². The Balaban J connectivity index is 1.67. The summed E-state index contributed by atoms with van der Waals surface area (Å²) < 4.78 is 0. The standard InChI is InChI=1S/C17H24N2O3/c18-10-15-5-13-4-14(6-15)9-17(8-13)16-3-1-2-12(7-16)11-22-19(20)21/h1-3,7,13-15,17H,4-6,8-11,18H2. The fourth-order valence-electron chi connectivity index (χ4n) is 4.52. The fraction of sp³-hybridized carbons (Fsp3) is 0.647. The highest BCUT2D eigenvalue weighted by Crippen LogP contribution is 2.48. The van der Waals surface area contributed by atoms with Gasteiger partial charge in [-0.3, -0.25) is 0 Å². The molecule has 0 heterocycles. The molecule has 2 N–H and O–H groups in total. The minimum absolute atomic E-state index is 0.0374. The Hall–Kier alpha value is -1.62. The average molecular weight is 304 g/mol. The smallest absolute Gasteiger partial charge is 0.294 e. The summed E-state index contributed by atoms with van der Waals surface area (Å²) in [7, 11) is 0. The number of hydrogen-bond acceptors (Lipinski definition) is 4. The Labute approximate surface area is 130 Å². The van der Waals surface area contributed by atoms with E-state index in [0.29, 0.717) is 11.8 Å². The van der Waals surface area contributed by atoms with Crippen LogP contribution in [0.2, 0.25) is 0 Å². The van der Waals surface area contributed by atoms with Crippen LogP contribution in [-0.2, 0) is 11.4 Å². The summed E-state index contributed by atoms with van der Waals surface area (Å²) in [6.45, 7) is 0.862. The topological polar surface area (TPSA) is 78.4 Å². The van der Waals surface area contributed by atoms with Crippen LogP contribution in [0.5, 0.6) is 0 Å². The van der Waals surface area contributed by atoms with Gasteiger partial charge < -0.3 is 10.6 Å². The highest BCUT2D eigenvalue weighted by molar-refractivity contribution is 5.26. The monoisotopic (exact) mass is 304 g/mol. The van der Waals surface area contributed by atoms with E-state index in [1.807, 2.05) is 12.1 Å². The number of fused-ring (bicyclic) bond motifs is 2. The van der Waals surface area contributed by atoms with E-state index in [1.165, 1.54) is 37.7 Å². The first-order valence-electron chi connectivity index (χ1n) is 8.20. The zero-order chi connectivity index (χ0) is 15.5. The maximum atomic E-state index is 10.3. The van der Waals surface area contributed by atoms with Crippen LogP contribution in [0.25, 0.3) is 0 Å². The van der Waals surface area contributed by atoms with Crippen LogP contribution in [-0.4, -0.2) is 11.6 Å². The molecule has 0 radical (unpaired) electrons. The van der Waals surface area contributed by atoms with E-state index in [-0.39, 0.29) is 6.61 Å². The van der Waals surface area contributed by atoms with Crippen molar-refractivity contribution < 1.29 is 9.92 Å². The fourth-order valence-corrected chi connectivity index (χ4v) is 4.52. The van der Waals surface area contributed by atoms with E-state index < -0.39 is 5.09 Å². The molecular formula is C17H24N2O3. The average Bonchev–Trinajstić information content (AvgIpc) is 2.52. The molecule has 0 saturated heterocycles. The summed E-state index contributed by atoms with van der Waals surface area (Å²) in [5.74, 6) is 2.89. The lowest BCUT2D eigenvalue weighted by Crippen LogP contribution is -2.33. The van der Waals surface area contributed by atoms with Crippen LogP contribution >= 0.6 is 0 Å². The Morgan fingerprint density at radius 1 is 1.18 bits per heavy atom. The third kappa shape index (κ3) is 3.58. The summed E-state index contributed by atoms with van der Waals surface area (Å²) >= 11 is 0. The van der Waals surface area contributed by atoms with Crippen LogP contribution in [0.3, 0.4) is 0 Å². The molecule has 2 saturated carbocycles. The van der Waals surface area contributed by atoms with Crippen molar-refractivity contribution in [3.05, 3.63) is 45.5 Å². The Kier molecular flexibility index (Phi) is 4.62. The van der Waals surface area contributed by atoms with Gasteiger partial charge in [-0.1, -0.05) is 24.3 Å². The second-order valence-electron chi connectivity index (χ2n) is 6.95. The third-order valence-corrected chi connectivity index (χ3v) is 5.33. The molecule has 5 heteroatoms. The molecule has 22 heavy (non-hydrogen) atoms. The van der Waals surface area contributed by atoms with Crippen molar-refractivity contribution in [3.63, 3.8) is 0 Å². The maximum absolute atomic E-state index is 10.3. The summed E-state index contributed by atoms with van der Waals surface area (Å²) in [6.07, 6.45) is 6.36. The SMILES string of the molecule is NCC1CC2CC(C1)CC(c1cccc(CO[N+](=O)[O-])c1)C2. The van der Waals surface area contributed by atoms with Crippen molar-refractivity contribution in [1.29, 1.82) is 0 Å². The first-order chi connectivity index (χ1) is 10.6. The third-order valence-electron chi connectivity index (χ3n) is 5.33. The minimum atomic E-state index is -0.732. The number of benzene rings is 1. The molecule has 1 aromatic rings. The predicted octanol–water partition coefficient (Wildman–Crippen LogP) is 3.26. The van der Waals surface area contributed by atoms with E-state index in [0.717, 1.165) is 23.9 Å². The van der Waals surface area contributed by atoms with E-state index >= 15 is 0 Å². The van der Waals surface area contributed by atoms with Crippen LogP contribution in [0.15, 0.2) is 24.3 Å². The van der Waals surface area contributed by atoms with Gasteiger partial charge in [0.1, 0.15) is 6.61 Å². The van der Waals surface area contributed by atoms with Gasteiger partial charge in [-0.15, -0.1) is 10.1 Å². The van der Waals surface area contributed by atoms with Crippen LogP contribution in [0.4, 0.5) is 0 Å². The molecule has 0 amide bonds. The lowest BCUT2D eigenvalue weighted by molar-refractivity contribution is -0.763. The number of nitrogens with zero attached hydrogens (tertiary/aromatic N) is 1. The molecule has 5 nitrogen and oxygen atoms in total. The Morgan fingerprint density at radius 2 is 1.91 bits per heavy atom. The minimum Gasteiger partial charge on any atom is -0.330 e. The van der Waals surface area contributed by atoms with Gasteiger partial charge in [-0.25, -0.2) is 0 Å². The van der Waals surface area contributed by atoms with Gasteiger partial charge in [0.25, 0.3) is 5.09 Å². The molecule has 2 aliphatic carbocycles. The van der Waals surface area contributed by atoms with Gasteiger partial charge in [-0.2, -0.15) is 0 Å². The molecule has 2 bridgehead atoms. The molecule has 0 aromatic heterocycles. The Bertz CT molecular complexity index is 520. The molecule has 0 aliphatic heterocycles. The summed E-state index contributed by atoms with van der Waals surface area (Å²) in [6, 6.07) is 8.11. The second-order valence-corrected chi connectivity index (χ2v) is 6.95. The van der Waals surface area contributed by atoms with Gasteiger partial charge in [0, 0.05) is 0 Å². The van der Waals surface area contributed by atoms with Crippen LogP contribution < -0.4 is 5.73 Å². The summed E-state index contributed by atoms with van der Waals surface area (Å²) in [5, 5.41) is 9.59. The number of nitrogens with two attached hydrogens (primary N) is 1. The van der Waals surface area contributed by atoms with Crippen molar-refractivity contribution in [2.75, 3.05) is 6.54 Å². The molecule has 3 rings (SSSR count). The molecule has 2 fully saturated rings. The van der Waals surface area contributed by atoms with Gasteiger partial charge in [0.05, 0.1) is 0 Å². The first-order valence-corrected chi connectivity index (χ1v) is 8.20. The molecule has 120 valence electrons. The number of rotatable bonds is 5. The zero-order valence-electron chi connectivity index (χ0n) is 12.8. The van der Waals surface area contributed by atoms with Crippen molar-refractivity contribution in [1.82, 2.24) is 0 Å². The molecule has 1 aromatic carbocycles. The van der Waals surface area contributed by atoms with E-state index in [4.69, 9.17) is 5.73 Å². The van der Waals surface area contributed by atoms with Gasteiger partial charge >= 0.3 is 0 Å². The lowest BCUT2D eigenvalue weighted by Gasteiger charge is -2.42. The Morgan fingerprint density at radius 3 is 2.55 bits per heavy atom. The number of hydrogen-bond donors (Lipinski definition) is 1. The predicted molar refractivity (Wildman–Crippen MR) is 83.6 cm³/mol. The second kappa shape index (κ2) is 6.65. The van der Waals surface area contributed by atoms with Gasteiger partial charge in [-0.05, 0) is 73.4 Å². The highest BCUT2D eigenvalue weighted by Gasteiger charge is 2.36. The zero-order valence-corrected chi connectivity index (χ0v) is 12.8. The van der Waals surface area contributed by atoms with Crippen LogP contribution in [0.1, 0.15) is 49.1 Å². The largest absolute Gasteiger partial charge is 0.330 e. The molecule has 0 spiro atoms. The first kappa shape index (κ1) is 15.3. The molecule has 2 atom stereocenters. The maximum Gasteiger partial charge on any atom is 0.294 e. The van der Waals surface area contributed by atoms with Crippen LogP contribution in [0, 0.1) is 27.9 Å². The highest BCUT2D eigenvalue weighted by atomic mass is 16.9. The summed E-state index contributed by atoms with van der Waals surface area (Å²) in [5.41, 5.74) is 8.05.